The lowest BCUT2D eigenvalue weighted by molar-refractivity contribution is -0.667. The Morgan fingerprint density at radius 2 is 0.538 bits per heavy atom. The molecule has 12 nitrogen and oxygen atoms in total. The highest BCUT2D eigenvalue weighted by Gasteiger charge is 2.38. The maximum absolute atomic E-state index is 10.0. The number of aryl methyl sites for hydroxylation is 6. The minimum absolute atomic E-state index is 0.422. The maximum Gasteiger partial charge on any atom is 0.217 e. The minimum atomic E-state index is -1.63. The first-order valence-corrected chi connectivity index (χ1v) is 60.7. The first kappa shape index (κ1) is 99.4. The fraction of sp³-hybridized carbons (Fsp3) is 0.215. The first-order valence-electron chi connectivity index (χ1n) is 50.2. The van der Waals surface area contributed by atoms with Crippen LogP contribution in [0.2, 0.25) is 58.9 Å². The smallest absolute Gasteiger partial charge is 0.217 e. The summed E-state index contributed by atoms with van der Waals surface area (Å²) in [7, 11) is 3.88. The molecule has 21 rings (SSSR count). The van der Waals surface area contributed by atoms with Crippen LogP contribution >= 0.6 is 0 Å². The predicted molar refractivity (Wildman–Crippen MR) is 607 cm³/mol. The van der Waals surface area contributed by atoms with E-state index in [0.29, 0.717) is 34.1 Å². The van der Waals surface area contributed by atoms with E-state index in [1.54, 1.807) is 5.19 Å². The van der Waals surface area contributed by atoms with Gasteiger partial charge in [0.1, 0.15) is 72.9 Å². The van der Waals surface area contributed by atoms with Crippen molar-refractivity contribution in [2.24, 2.45) is 28.2 Å². The molecule has 21 aromatic rings. The van der Waals surface area contributed by atoms with E-state index < -0.39 is 24.2 Å². The molecular formula is C130H126N8O4Si3+4. The van der Waals surface area contributed by atoms with Crippen molar-refractivity contribution in [3.63, 3.8) is 0 Å². The highest BCUT2D eigenvalue weighted by atomic mass is 28.3. The molecule has 0 bridgehead atoms. The molecule has 8 aromatic heterocycles. The lowest BCUT2D eigenvalue weighted by Crippen LogP contribution is -2.51. The Hall–Kier alpha value is -15.7. The zero-order chi connectivity index (χ0) is 103. The molecule has 145 heavy (non-hydrogen) atoms. The summed E-state index contributed by atoms with van der Waals surface area (Å²) in [4.78, 5) is 0. The van der Waals surface area contributed by atoms with Gasteiger partial charge in [0.2, 0.25) is 22.8 Å². The van der Waals surface area contributed by atoms with Gasteiger partial charge in [-0.15, -0.1) is 0 Å². The lowest BCUT2D eigenvalue weighted by atomic mass is 9.94. The quantitative estimate of drug-likeness (QED) is 0.0767. The number of aromatic nitrogens is 4. The SMILES string of the molecule is Cc1cc(-c2c(C)ccc3c2oc2c(-c4ccccc4)ccc(C#N)c23)[n+](C)c(C)c1[Si](C)(C)C.Cc1ccc2c(oc3c(-c4ccccc4)ccc(C#N)c32)c1-c1cc(-c2ccccc2)cc(C)[n+]1C.Cc1ccc2c(oc3c(-c4ccccc4)ccc(C#N)c32)c1-c1cc(C(C)C)c([Si](C)(C)C)c(C)[n+]1C.Cc1ccc2c(oc3c(-c4ccccc4)ccc(C#N)c32)c1-c1cc([Si](C)(C)C)c(C(C)C)c(C)[n+]1C. The number of fused-ring (bicyclic) bond motifs is 12. The van der Waals surface area contributed by atoms with Crippen LogP contribution in [0.4, 0.5) is 0 Å². The monoisotopic (exact) mass is 1950 g/mol. The van der Waals surface area contributed by atoms with E-state index in [0.717, 1.165) is 200 Å². The number of hydrogen-bond acceptors (Lipinski definition) is 8. The van der Waals surface area contributed by atoms with E-state index in [2.05, 4.69) is 371 Å². The van der Waals surface area contributed by atoms with E-state index in [1.165, 1.54) is 61.0 Å². The summed E-state index contributed by atoms with van der Waals surface area (Å²) < 4.78 is 36.2. The molecule has 0 N–H and O–H groups in total. The molecule has 0 radical (unpaired) electrons. The van der Waals surface area contributed by atoms with Crippen molar-refractivity contribution in [1.82, 2.24) is 0 Å². The number of rotatable bonds is 14. The summed E-state index contributed by atoms with van der Waals surface area (Å²) in [5.41, 5.74) is 42.5. The molecule has 0 atom stereocenters. The third kappa shape index (κ3) is 17.9. The molecule has 15 heteroatoms. The summed E-state index contributed by atoms with van der Waals surface area (Å²) in [6, 6.07) is 105. The van der Waals surface area contributed by atoms with Crippen LogP contribution in [0.3, 0.4) is 0 Å². The van der Waals surface area contributed by atoms with Gasteiger partial charge in [-0.3, -0.25) is 0 Å². The van der Waals surface area contributed by atoms with E-state index >= 15 is 0 Å². The second kappa shape index (κ2) is 39.2. The van der Waals surface area contributed by atoms with E-state index in [1.807, 2.05) is 127 Å². The number of nitrogens with zero attached hydrogens (tertiary/aromatic N) is 8. The highest BCUT2D eigenvalue weighted by Crippen LogP contribution is 2.49. The minimum Gasteiger partial charge on any atom is -0.454 e. The molecule has 0 aliphatic carbocycles. The fourth-order valence-electron chi connectivity index (χ4n) is 22.4. The third-order valence-electron chi connectivity index (χ3n) is 29.6. The van der Waals surface area contributed by atoms with Crippen LogP contribution in [-0.4, -0.2) is 24.2 Å². The van der Waals surface area contributed by atoms with Crippen molar-refractivity contribution >= 4 is 128 Å². The van der Waals surface area contributed by atoms with Crippen LogP contribution in [0.5, 0.6) is 0 Å². The van der Waals surface area contributed by atoms with Crippen LogP contribution in [-0.2, 0) is 28.2 Å². The van der Waals surface area contributed by atoms with Gasteiger partial charge in [-0.05, 0) is 167 Å². The largest absolute Gasteiger partial charge is 0.454 e. The summed E-state index contributed by atoms with van der Waals surface area (Å²) in [6.07, 6.45) is 0. The van der Waals surface area contributed by atoms with Gasteiger partial charge in [0, 0.05) is 139 Å². The summed E-state index contributed by atoms with van der Waals surface area (Å²) in [5.74, 6) is 0.877. The number of furan rings is 4. The Morgan fingerprint density at radius 3 is 0.828 bits per heavy atom. The molecule has 0 amide bonds. The van der Waals surface area contributed by atoms with Crippen molar-refractivity contribution in [3.05, 3.63) is 363 Å². The van der Waals surface area contributed by atoms with Crippen molar-refractivity contribution in [2.45, 2.75) is 161 Å². The molecule has 0 unspecified atom stereocenters. The van der Waals surface area contributed by atoms with Gasteiger partial charge in [0.15, 0.2) is 22.8 Å². The Morgan fingerprint density at radius 1 is 0.255 bits per heavy atom. The van der Waals surface area contributed by atoms with Crippen LogP contribution in [0, 0.1) is 108 Å². The Balaban J connectivity index is 0.000000127. The zero-order valence-electron chi connectivity index (χ0n) is 88.4. The van der Waals surface area contributed by atoms with E-state index in [9.17, 15) is 21.0 Å². The van der Waals surface area contributed by atoms with Gasteiger partial charge in [-0.25, -0.2) is 0 Å². The third-order valence-corrected chi connectivity index (χ3v) is 36.0. The summed E-state index contributed by atoms with van der Waals surface area (Å²) in [6.45, 7) is 50.7. The highest BCUT2D eigenvalue weighted by molar-refractivity contribution is 6.90. The maximum atomic E-state index is 10.0. The molecular weight excluding hydrogens is 1820 g/mol. The van der Waals surface area contributed by atoms with Gasteiger partial charge >= 0.3 is 0 Å². The molecule has 0 saturated heterocycles. The molecule has 8 heterocycles. The van der Waals surface area contributed by atoms with Gasteiger partial charge in [-0.2, -0.15) is 39.3 Å². The van der Waals surface area contributed by atoms with Crippen LogP contribution in [0.15, 0.2) is 297 Å². The van der Waals surface area contributed by atoms with Crippen LogP contribution < -0.4 is 33.8 Å². The van der Waals surface area contributed by atoms with Crippen LogP contribution in [0.1, 0.15) is 124 Å². The van der Waals surface area contributed by atoms with Crippen LogP contribution in [0.25, 0.3) is 188 Å². The van der Waals surface area contributed by atoms with E-state index in [-0.39, 0.29) is 0 Å². The first-order chi connectivity index (χ1) is 69.3. The molecule has 0 aliphatic rings. The molecule has 13 aromatic carbocycles. The number of nitriles is 4. The predicted octanol–water partition coefficient (Wildman–Crippen LogP) is 30.8. The Labute approximate surface area is 855 Å². The van der Waals surface area contributed by atoms with Gasteiger partial charge in [0.05, 0.1) is 93.0 Å². The summed E-state index contributed by atoms with van der Waals surface area (Å²) in [5, 5.41) is 52.0. The van der Waals surface area contributed by atoms with Crippen molar-refractivity contribution in [1.29, 1.82) is 21.0 Å². The normalized spacial score (nSPS) is 11.8. The second-order valence-electron chi connectivity index (χ2n) is 42.8. The summed E-state index contributed by atoms with van der Waals surface area (Å²) >= 11 is 0. The molecule has 0 saturated carbocycles. The fourth-order valence-corrected chi connectivity index (χ4v) is 29.2. The topological polar surface area (TPSA) is 163 Å². The molecule has 0 spiro atoms. The Kier molecular flexibility index (Phi) is 26.9. The second-order valence-corrected chi connectivity index (χ2v) is 57.8. The van der Waals surface area contributed by atoms with Crippen molar-refractivity contribution < 1.29 is 35.9 Å². The lowest BCUT2D eigenvalue weighted by Gasteiger charge is -2.24. The van der Waals surface area contributed by atoms with Gasteiger partial charge in [-0.1, -0.05) is 287 Å². The van der Waals surface area contributed by atoms with Crippen molar-refractivity contribution in [2.75, 3.05) is 0 Å². The molecule has 718 valence electrons. The van der Waals surface area contributed by atoms with Crippen molar-refractivity contribution in [3.8, 4) is 125 Å². The van der Waals surface area contributed by atoms with Gasteiger partial charge < -0.3 is 17.7 Å². The van der Waals surface area contributed by atoms with Gasteiger partial charge in [0.25, 0.3) is 0 Å². The number of hydrogen-bond donors (Lipinski definition) is 0. The molecule has 0 aliphatic heterocycles. The molecule has 0 fully saturated rings. The Bertz CT molecular complexity index is 8990. The number of pyridine rings is 4. The zero-order valence-corrected chi connectivity index (χ0v) is 91.4. The average Bonchev–Trinajstić information content (AvgIpc) is 1.60. The van der Waals surface area contributed by atoms with E-state index in [4.69, 9.17) is 17.7 Å². The number of benzene rings is 13. The standard InChI is InChI=1S/2C33H35N2OSi.C33H25N2O.C31H31N2OSi/c1-20(2)29-22(4)35(5)27(18-28(29)37(6,7)8)30-21(3)14-16-26-31-24(19-34)15-17-25(32(31)36-33(26)30)23-12-10-9-11-13-23;1-20(2)27-18-28(35(5)22(4)33(27)37(6,7)8)29-21(3)14-16-26-30-24(19-34)15-17-25(31(30)36-32(26)29)23-12-10-9-11-13-23;1-21-14-16-28-31-25(20-34)15-17-27(24-12-8-5-9-13-24)32(31)36-33(28)30(21)29-19-26(18-22(2)35(29)3)23-10-6-4-7-11-23;1-19-13-15-25-28-23(18-32)14-16-24(22-11-9-8-10-12-22)29(28)34-30(25)27(19)26-17-20(2)31(35(5,6)7)21(3)33(26)4/h2*9-18,20H,1-8H3;4-19H,1-3H3;8-17H,1-7H3/q4*+1. The average molecular weight is 1950 g/mol.